The highest BCUT2D eigenvalue weighted by Crippen LogP contribution is 2.47. The minimum Gasteiger partial charge on any atom is -0.192 e. The summed E-state index contributed by atoms with van der Waals surface area (Å²) in [5.74, 6) is 0. The van der Waals surface area contributed by atoms with E-state index >= 15 is 0 Å². The van der Waals surface area contributed by atoms with Crippen LogP contribution in [0.5, 0.6) is 0 Å². The molecule has 0 bridgehead atoms. The van der Waals surface area contributed by atoms with Crippen molar-refractivity contribution >= 4 is 39.0 Å². The van der Waals surface area contributed by atoms with Gasteiger partial charge in [0.25, 0.3) is 0 Å². The fraction of sp³-hybridized carbons (Fsp3) is 0. The standard InChI is InChI=1S/C8HN7/c1-2-5(10-9-2)6-4-3(1)15-8(13-14-15)7(4)12-11-6/h1H. The Morgan fingerprint density at radius 2 is 1.93 bits per heavy atom. The molecule has 1 aliphatic rings. The van der Waals surface area contributed by atoms with Crippen LogP contribution < -0.4 is 0 Å². The Morgan fingerprint density at radius 3 is 2.67 bits per heavy atom. The summed E-state index contributed by atoms with van der Waals surface area (Å²) in [6.07, 6.45) is 0. The van der Waals surface area contributed by atoms with Gasteiger partial charge in [0.05, 0.1) is 10.9 Å². The SMILES string of the molecule is c1c2nnc2c2c3c(c4nnn4c13)N=N2. The summed E-state index contributed by atoms with van der Waals surface area (Å²) >= 11 is 0. The van der Waals surface area contributed by atoms with Crippen LogP contribution in [0, 0.1) is 0 Å². The minimum absolute atomic E-state index is 0.775. The second-order valence-electron chi connectivity index (χ2n) is 3.56. The fourth-order valence-electron chi connectivity index (χ4n) is 2.11. The van der Waals surface area contributed by atoms with Gasteiger partial charge in [0.15, 0.2) is 0 Å². The normalized spacial score (nSPS) is 14.4. The first kappa shape index (κ1) is 6.12. The summed E-state index contributed by atoms with van der Waals surface area (Å²) in [5.41, 5.74) is 5.03. The van der Waals surface area contributed by atoms with Gasteiger partial charge in [0, 0.05) is 0 Å². The third kappa shape index (κ3) is 0.448. The second kappa shape index (κ2) is 1.58. The number of nitrogens with zero attached hydrogens (tertiary/aromatic N) is 7. The third-order valence-corrected chi connectivity index (χ3v) is 2.85. The molecule has 0 saturated heterocycles. The van der Waals surface area contributed by atoms with Crippen molar-refractivity contribution in [1.29, 1.82) is 0 Å². The zero-order chi connectivity index (χ0) is 9.57. The van der Waals surface area contributed by atoms with Gasteiger partial charge >= 0.3 is 0 Å². The largest absolute Gasteiger partial charge is 0.207 e. The summed E-state index contributed by atoms with van der Waals surface area (Å²) in [6, 6.07) is 1.95. The van der Waals surface area contributed by atoms with Crippen molar-refractivity contribution in [3.05, 3.63) is 6.07 Å². The summed E-state index contributed by atoms with van der Waals surface area (Å²) < 4.78 is 1.76. The van der Waals surface area contributed by atoms with E-state index in [0.29, 0.717) is 0 Å². The second-order valence-corrected chi connectivity index (χ2v) is 3.56. The number of aromatic nitrogens is 5. The number of hydrogen-bond acceptors (Lipinski definition) is 6. The first-order valence-electron chi connectivity index (χ1n) is 4.44. The maximum atomic E-state index is 4.11. The highest BCUT2D eigenvalue weighted by molar-refractivity contribution is 6.16. The average Bonchev–Trinajstić information content (AvgIpc) is 2.59. The quantitative estimate of drug-likeness (QED) is 0.374. The van der Waals surface area contributed by atoms with E-state index in [9.17, 15) is 0 Å². The van der Waals surface area contributed by atoms with Crippen LogP contribution in [0.4, 0.5) is 11.4 Å². The van der Waals surface area contributed by atoms with Crippen molar-refractivity contribution in [2.45, 2.75) is 0 Å². The molecule has 15 heavy (non-hydrogen) atoms. The topological polar surface area (TPSA) is 80.7 Å². The number of rotatable bonds is 0. The van der Waals surface area contributed by atoms with E-state index in [-0.39, 0.29) is 0 Å². The molecule has 7 heteroatoms. The molecular formula is C8HN7. The number of benzene rings is 1. The number of hydrogen-bond donors (Lipinski definition) is 0. The predicted octanol–water partition coefficient (Wildman–Crippen LogP) is 1.43. The smallest absolute Gasteiger partial charge is 0.192 e. The molecule has 0 unspecified atom stereocenters. The molecular weight excluding hydrogens is 194 g/mol. The Labute approximate surface area is 81.1 Å². The van der Waals surface area contributed by atoms with Crippen LogP contribution in [0.1, 0.15) is 0 Å². The van der Waals surface area contributed by atoms with E-state index in [1.54, 1.807) is 4.52 Å². The molecule has 1 aliphatic heterocycles. The van der Waals surface area contributed by atoms with Crippen molar-refractivity contribution in [3.63, 3.8) is 0 Å². The summed E-state index contributed by atoms with van der Waals surface area (Å²) in [4.78, 5) is 0. The number of fused-ring (bicyclic) bond motifs is 5. The lowest BCUT2D eigenvalue weighted by molar-refractivity contribution is 0.764. The maximum absolute atomic E-state index is 4.11. The van der Waals surface area contributed by atoms with Crippen molar-refractivity contribution in [2.75, 3.05) is 0 Å². The van der Waals surface area contributed by atoms with Crippen LogP contribution >= 0.6 is 0 Å². The molecule has 4 heterocycles. The van der Waals surface area contributed by atoms with E-state index in [1.165, 1.54) is 0 Å². The van der Waals surface area contributed by atoms with Gasteiger partial charge in [-0.05, 0) is 6.07 Å². The Kier molecular flexibility index (Phi) is 0.645. The predicted molar refractivity (Wildman–Crippen MR) is 50.1 cm³/mol. The molecule has 3 aromatic heterocycles. The summed E-state index contributed by atoms with van der Waals surface area (Å²) in [7, 11) is 0. The minimum atomic E-state index is 0.775. The molecule has 0 fully saturated rings. The van der Waals surface area contributed by atoms with Crippen molar-refractivity contribution < 1.29 is 0 Å². The Balaban J connectivity index is 2.29. The third-order valence-electron chi connectivity index (χ3n) is 2.85. The first-order valence-corrected chi connectivity index (χ1v) is 4.44. The van der Waals surface area contributed by atoms with E-state index in [0.717, 1.165) is 39.0 Å². The van der Waals surface area contributed by atoms with Gasteiger partial charge < -0.3 is 0 Å². The van der Waals surface area contributed by atoms with Crippen molar-refractivity contribution in [2.24, 2.45) is 10.2 Å². The zero-order valence-corrected chi connectivity index (χ0v) is 7.21. The van der Waals surface area contributed by atoms with E-state index in [2.05, 4.69) is 30.7 Å². The molecule has 68 valence electrons. The number of azo groups is 1. The molecule has 7 nitrogen and oxygen atoms in total. The maximum Gasteiger partial charge on any atom is 0.207 e. The van der Waals surface area contributed by atoms with Gasteiger partial charge in [0.1, 0.15) is 22.4 Å². The van der Waals surface area contributed by atoms with Gasteiger partial charge in [-0.3, -0.25) is 0 Å². The molecule has 5 rings (SSSR count). The molecule has 0 aliphatic carbocycles. The van der Waals surface area contributed by atoms with Crippen LogP contribution in [-0.4, -0.2) is 25.0 Å². The summed E-state index contributed by atoms with van der Waals surface area (Å²) in [5, 5.41) is 24.9. The van der Waals surface area contributed by atoms with Crippen molar-refractivity contribution in [1.82, 2.24) is 25.0 Å². The molecule has 0 amide bonds. The van der Waals surface area contributed by atoms with Crippen LogP contribution in [0.15, 0.2) is 16.3 Å². The van der Waals surface area contributed by atoms with Crippen LogP contribution in [0.3, 0.4) is 0 Å². The molecule has 1 aromatic carbocycles. The molecule has 0 saturated carbocycles. The molecule has 0 N–H and O–H groups in total. The van der Waals surface area contributed by atoms with Gasteiger partial charge in [-0.25, -0.2) is 0 Å². The lowest BCUT2D eigenvalue weighted by atomic mass is 10.1. The van der Waals surface area contributed by atoms with Crippen LogP contribution in [0.25, 0.3) is 27.6 Å². The molecule has 0 spiro atoms. The van der Waals surface area contributed by atoms with Gasteiger partial charge in [-0.2, -0.15) is 4.52 Å². The fourth-order valence-corrected chi connectivity index (χ4v) is 2.11. The lowest BCUT2D eigenvalue weighted by Gasteiger charge is -2.02. The monoisotopic (exact) mass is 195 g/mol. The highest BCUT2D eigenvalue weighted by atomic mass is 15.5. The Morgan fingerprint density at radius 1 is 1.00 bits per heavy atom. The highest BCUT2D eigenvalue weighted by Gasteiger charge is 2.27. The van der Waals surface area contributed by atoms with Gasteiger partial charge in [0.2, 0.25) is 5.65 Å². The molecule has 4 aromatic rings. The van der Waals surface area contributed by atoms with Crippen LogP contribution in [-0.2, 0) is 0 Å². The Hall–Kier alpha value is -2.44. The van der Waals surface area contributed by atoms with E-state index < -0.39 is 0 Å². The molecule has 0 radical (unpaired) electrons. The van der Waals surface area contributed by atoms with Gasteiger partial charge in [-0.1, -0.05) is 5.21 Å². The van der Waals surface area contributed by atoms with E-state index in [4.69, 9.17) is 0 Å². The first-order chi connectivity index (χ1) is 7.43. The van der Waals surface area contributed by atoms with Crippen molar-refractivity contribution in [3.8, 4) is 0 Å². The summed E-state index contributed by atoms with van der Waals surface area (Å²) in [6.45, 7) is 0. The lowest BCUT2D eigenvalue weighted by Crippen LogP contribution is -2.01. The Bertz CT molecular complexity index is 857. The average molecular weight is 195 g/mol. The zero-order valence-electron chi connectivity index (χ0n) is 7.21. The van der Waals surface area contributed by atoms with E-state index in [1.807, 2.05) is 6.07 Å². The molecule has 0 atom stereocenters. The van der Waals surface area contributed by atoms with Crippen LogP contribution in [0.2, 0.25) is 0 Å². The van der Waals surface area contributed by atoms with Gasteiger partial charge in [-0.15, -0.1) is 25.5 Å².